The lowest BCUT2D eigenvalue weighted by Gasteiger charge is -2.15. The lowest BCUT2D eigenvalue weighted by molar-refractivity contribution is 0.140. The van der Waals surface area contributed by atoms with Crippen molar-refractivity contribution < 1.29 is 5.11 Å². The van der Waals surface area contributed by atoms with Gasteiger partial charge < -0.3 is 10.4 Å². The number of rotatable bonds is 6. The Morgan fingerprint density at radius 2 is 2.18 bits per heavy atom. The summed E-state index contributed by atoms with van der Waals surface area (Å²) in [5, 5.41) is 13.3. The first-order chi connectivity index (χ1) is 8.24. The Kier molecular flexibility index (Phi) is 5.48. The number of aliphatic hydroxyl groups excluding tert-OH is 1. The third kappa shape index (κ3) is 4.70. The van der Waals surface area contributed by atoms with Crippen molar-refractivity contribution in [2.45, 2.75) is 44.8 Å². The van der Waals surface area contributed by atoms with Gasteiger partial charge in [0.2, 0.25) is 0 Å². The number of thiophene rings is 1. The lowest BCUT2D eigenvalue weighted by Crippen LogP contribution is -2.27. The van der Waals surface area contributed by atoms with Gasteiger partial charge in [-0.2, -0.15) is 0 Å². The molecule has 1 aliphatic rings. The maximum Gasteiger partial charge on any atom is 0.0701 e. The van der Waals surface area contributed by atoms with E-state index in [1.54, 1.807) is 11.3 Å². The standard InChI is InChI=1S/C13H20BrNOS/c14-13-6-5-12(17-13)9-15-8-11(16)7-10-3-1-2-4-10/h5-6,10-11,15-16H,1-4,7-9H2. The van der Waals surface area contributed by atoms with Crippen molar-refractivity contribution in [1.82, 2.24) is 5.32 Å². The summed E-state index contributed by atoms with van der Waals surface area (Å²) in [5.74, 6) is 0.766. The summed E-state index contributed by atoms with van der Waals surface area (Å²) in [7, 11) is 0. The quantitative estimate of drug-likeness (QED) is 0.841. The first-order valence-corrected chi connectivity index (χ1v) is 7.98. The Labute approximate surface area is 116 Å². The smallest absolute Gasteiger partial charge is 0.0701 e. The van der Waals surface area contributed by atoms with E-state index in [0.717, 1.165) is 18.9 Å². The fraction of sp³-hybridized carbons (Fsp3) is 0.692. The Morgan fingerprint density at radius 1 is 1.41 bits per heavy atom. The zero-order valence-electron chi connectivity index (χ0n) is 9.99. The van der Waals surface area contributed by atoms with E-state index in [4.69, 9.17) is 0 Å². The van der Waals surface area contributed by atoms with E-state index in [1.165, 1.54) is 34.3 Å². The van der Waals surface area contributed by atoms with Crippen LogP contribution in [0.2, 0.25) is 0 Å². The first kappa shape index (κ1) is 13.5. The molecule has 2 N–H and O–H groups in total. The van der Waals surface area contributed by atoms with Crippen molar-refractivity contribution in [3.63, 3.8) is 0 Å². The average Bonchev–Trinajstić information content (AvgIpc) is 2.90. The van der Waals surface area contributed by atoms with Crippen LogP contribution in [0.15, 0.2) is 15.9 Å². The maximum absolute atomic E-state index is 9.92. The zero-order chi connectivity index (χ0) is 12.1. The largest absolute Gasteiger partial charge is 0.392 e. The van der Waals surface area contributed by atoms with Crippen molar-refractivity contribution in [2.75, 3.05) is 6.54 Å². The van der Waals surface area contributed by atoms with E-state index in [0.29, 0.717) is 6.54 Å². The number of aliphatic hydroxyl groups is 1. The molecule has 0 spiro atoms. The summed E-state index contributed by atoms with van der Waals surface area (Å²) in [6.45, 7) is 1.57. The van der Waals surface area contributed by atoms with Gasteiger partial charge in [0.1, 0.15) is 0 Å². The molecule has 4 heteroatoms. The van der Waals surface area contributed by atoms with Crippen molar-refractivity contribution in [3.8, 4) is 0 Å². The molecule has 2 nitrogen and oxygen atoms in total. The Bertz CT molecular complexity index is 336. The van der Waals surface area contributed by atoms with Crippen LogP contribution in [-0.2, 0) is 6.54 Å². The summed E-state index contributed by atoms with van der Waals surface area (Å²) in [4.78, 5) is 1.31. The van der Waals surface area contributed by atoms with Crippen LogP contribution in [0, 0.1) is 5.92 Å². The lowest BCUT2D eigenvalue weighted by atomic mass is 10.0. The minimum atomic E-state index is -0.179. The summed E-state index contributed by atoms with van der Waals surface area (Å²) < 4.78 is 1.17. The molecule has 1 aromatic rings. The summed E-state index contributed by atoms with van der Waals surface area (Å²) in [5.41, 5.74) is 0. The molecule has 1 unspecified atom stereocenters. The van der Waals surface area contributed by atoms with Gasteiger partial charge in [-0.15, -0.1) is 11.3 Å². The van der Waals surface area contributed by atoms with Gasteiger partial charge in [0.25, 0.3) is 0 Å². The highest BCUT2D eigenvalue weighted by atomic mass is 79.9. The fourth-order valence-electron chi connectivity index (χ4n) is 2.52. The second kappa shape index (κ2) is 6.88. The molecular weight excluding hydrogens is 298 g/mol. The predicted molar refractivity (Wildman–Crippen MR) is 76.3 cm³/mol. The van der Waals surface area contributed by atoms with Crippen molar-refractivity contribution in [2.24, 2.45) is 5.92 Å². The van der Waals surface area contributed by atoms with Crippen LogP contribution in [0.1, 0.15) is 37.0 Å². The Balaban J connectivity index is 1.60. The molecule has 0 aliphatic heterocycles. The van der Waals surface area contributed by atoms with Crippen LogP contribution in [0.5, 0.6) is 0 Å². The molecule has 0 radical (unpaired) electrons. The molecule has 1 atom stereocenters. The van der Waals surface area contributed by atoms with Crippen LogP contribution < -0.4 is 5.32 Å². The Morgan fingerprint density at radius 3 is 2.82 bits per heavy atom. The fourth-order valence-corrected chi connectivity index (χ4v) is 3.98. The highest BCUT2D eigenvalue weighted by Crippen LogP contribution is 2.28. The van der Waals surface area contributed by atoms with Gasteiger partial charge in [-0.1, -0.05) is 25.7 Å². The predicted octanol–water partition coefficient (Wildman–Crippen LogP) is 3.54. The molecule has 0 bridgehead atoms. The van der Waals surface area contributed by atoms with Crippen molar-refractivity contribution >= 4 is 27.3 Å². The second-order valence-electron chi connectivity index (χ2n) is 4.88. The van der Waals surface area contributed by atoms with Gasteiger partial charge >= 0.3 is 0 Å². The van der Waals surface area contributed by atoms with Crippen molar-refractivity contribution in [3.05, 3.63) is 20.8 Å². The monoisotopic (exact) mass is 317 g/mol. The van der Waals surface area contributed by atoms with E-state index in [9.17, 15) is 5.11 Å². The van der Waals surface area contributed by atoms with E-state index < -0.39 is 0 Å². The molecule has 1 saturated carbocycles. The molecule has 0 amide bonds. The zero-order valence-corrected chi connectivity index (χ0v) is 12.4. The number of hydrogen-bond donors (Lipinski definition) is 2. The third-order valence-electron chi connectivity index (χ3n) is 3.39. The molecule has 0 aromatic carbocycles. The third-order valence-corrected chi connectivity index (χ3v) is 5.01. The molecule has 17 heavy (non-hydrogen) atoms. The normalized spacial score (nSPS) is 18.7. The molecule has 1 aliphatic carbocycles. The summed E-state index contributed by atoms with van der Waals surface area (Å²) >= 11 is 5.20. The van der Waals surface area contributed by atoms with Gasteiger partial charge in [0.15, 0.2) is 0 Å². The van der Waals surface area contributed by atoms with Gasteiger partial charge in [-0.25, -0.2) is 0 Å². The highest BCUT2D eigenvalue weighted by molar-refractivity contribution is 9.11. The van der Waals surface area contributed by atoms with E-state index >= 15 is 0 Å². The van der Waals surface area contributed by atoms with Gasteiger partial charge in [0.05, 0.1) is 9.89 Å². The van der Waals surface area contributed by atoms with Crippen molar-refractivity contribution in [1.29, 1.82) is 0 Å². The number of halogens is 1. The molecule has 96 valence electrons. The maximum atomic E-state index is 9.92. The highest BCUT2D eigenvalue weighted by Gasteiger charge is 2.18. The number of nitrogens with one attached hydrogen (secondary N) is 1. The van der Waals surface area contributed by atoms with E-state index in [-0.39, 0.29) is 6.10 Å². The summed E-state index contributed by atoms with van der Waals surface area (Å²) in [6.07, 6.45) is 6.13. The minimum absolute atomic E-state index is 0.179. The molecule has 2 rings (SSSR count). The van der Waals surface area contributed by atoms with Crippen LogP contribution in [0.4, 0.5) is 0 Å². The average molecular weight is 318 g/mol. The van der Waals surface area contributed by atoms with Crippen LogP contribution in [-0.4, -0.2) is 17.8 Å². The Hall–Kier alpha value is 0.1000. The molecule has 1 fully saturated rings. The van der Waals surface area contributed by atoms with E-state index in [2.05, 4.69) is 33.4 Å². The van der Waals surface area contributed by atoms with Crippen LogP contribution >= 0.6 is 27.3 Å². The molecule has 1 heterocycles. The van der Waals surface area contributed by atoms with Gasteiger partial charge in [0, 0.05) is 18.0 Å². The van der Waals surface area contributed by atoms with Crippen LogP contribution in [0.25, 0.3) is 0 Å². The molecule has 1 aromatic heterocycles. The second-order valence-corrected chi connectivity index (χ2v) is 7.42. The van der Waals surface area contributed by atoms with Crippen LogP contribution in [0.3, 0.4) is 0 Å². The van der Waals surface area contributed by atoms with Gasteiger partial charge in [-0.05, 0) is 40.4 Å². The SMILES string of the molecule is OC(CNCc1ccc(Br)s1)CC1CCCC1. The summed E-state index contributed by atoms with van der Waals surface area (Å²) in [6, 6.07) is 4.18. The number of hydrogen-bond acceptors (Lipinski definition) is 3. The first-order valence-electron chi connectivity index (χ1n) is 6.37. The van der Waals surface area contributed by atoms with E-state index in [1.807, 2.05) is 0 Å². The topological polar surface area (TPSA) is 32.3 Å². The molecule has 0 saturated heterocycles. The minimum Gasteiger partial charge on any atom is -0.392 e. The van der Waals surface area contributed by atoms with Gasteiger partial charge in [-0.3, -0.25) is 0 Å². The molecular formula is C13H20BrNOS.